The summed E-state index contributed by atoms with van der Waals surface area (Å²) in [6, 6.07) is 5.32. The van der Waals surface area contributed by atoms with Gasteiger partial charge in [0.1, 0.15) is 18.5 Å². The van der Waals surface area contributed by atoms with Gasteiger partial charge in [-0.25, -0.2) is 9.37 Å². The lowest BCUT2D eigenvalue weighted by Gasteiger charge is -2.36. The molecule has 2 bridgehead atoms. The van der Waals surface area contributed by atoms with Crippen LogP contribution in [0.3, 0.4) is 0 Å². The normalized spacial score (nSPS) is 32.3. The minimum atomic E-state index is -1.13. The molecule has 3 aliphatic heterocycles. The third-order valence-electron chi connectivity index (χ3n) is 5.76. The number of rotatable bonds is 4. The van der Waals surface area contributed by atoms with Crippen LogP contribution in [0, 0.1) is 5.82 Å². The molecule has 3 saturated heterocycles. The molecule has 5 rings (SSSR count). The van der Waals surface area contributed by atoms with Crippen molar-refractivity contribution >= 4 is 22.2 Å². The third-order valence-corrected chi connectivity index (χ3v) is 7.27. The molecule has 0 spiro atoms. The number of benzene rings is 1. The molecule has 1 aromatic heterocycles. The van der Waals surface area contributed by atoms with Crippen LogP contribution in [0.1, 0.15) is 12.8 Å². The minimum Gasteiger partial charge on any atom is -0.361 e. The zero-order chi connectivity index (χ0) is 19.3. The molecule has 3 unspecified atom stereocenters. The number of aromatic nitrogens is 3. The number of aliphatic hydroxyl groups is 1. The Morgan fingerprint density at radius 3 is 2.75 bits per heavy atom. The van der Waals surface area contributed by atoms with Crippen molar-refractivity contribution in [1.82, 2.24) is 14.8 Å². The number of aliphatic hydroxyl groups excluding tert-OH is 1. The van der Waals surface area contributed by atoms with Gasteiger partial charge in [0.25, 0.3) is 0 Å². The van der Waals surface area contributed by atoms with E-state index in [2.05, 4.69) is 15.0 Å². The Labute approximate surface area is 164 Å². The SMILES string of the molecule is O=S1CC2CCC(C1)N2c1ccc(N2C[C@H](Cn3cncn3)OC2O)cc1F. The first-order valence-corrected chi connectivity index (χ1v) is 10.9. The molecule has 0 radical (unpaired) electrons. The summed E-state index contributed by atoms with van der Waals surface area (Å²) < 4.78 is 34.1. The van der Waals surface area contributed by atoms with Gasteiger partial charge in [-0.15, -0.1) is 0 Å². The highest BCUT2D eigenvalue weighted by atomic mass is 32.2. The maximum atomic E-state index is 15.0. The summed E-state index contributed by atoms with van der Waals surface area (Å²) in [6.07, 6.45) is 3.55. The van der Waals surface area contributed by atoms with Crippen molar-refractivity contribution in [3.05, 3.63) is 36.7 Å². The first-order valence-electron chi connectivity index (χ1n) is 9.44. The summed E-state index contributed by atoms with van der Waals surface area (Å²) in [7, 11) is -0.802. The molecule has 4 heterocycles. The summed E-state index contributed by atoms with van der Waals surface area (Å²) in [5.41, 5.74) is 1.13. The molecule has 1 N–H and O–H groups in total. The van der Waals surface area contributed by atoms with Crippen molar-refractivity contribution in [1.29, 1.82) is 0 Å². The first kappa shape index (κ1) is 18.0. The van der Waals surface area contributed by atoms with E-state index in [0.717, 1.165) is 12.8 Å². The van der Waals surface area contributed by atoms with Crippen LogP contribution in [-0.4, -0.2) is 66.7 Å². The smallest absolute Gasteiger partial charge is 0.238 e. The highest BCUT2D eigenvalue weighted by Crippen LogP contribution is 2.38. The minimum absolute atomic E-state index is 0.146. The van der Waals surface area contributed by atoms with Gasteiger partial charge >= 0.3 is 0 Å². The Morgan fingerprint density at radius 2 is 2.07 bits per heavy atom. The molecule has 3 aliphatic rings. The van der Waals surface area contributed by atoms with Crippen molar-refractivity contribution < 1.29 is 18.4 Å². The number of nitrogens with zero attached hydrogens (tertiary/aromatic N) is 5. The lowest BCUT2D eigenvalue weighted by atomic mass is 10.2. The quantitative estimate of drug-likeness (QED) is 0.799. The van der Waals surface area contributed by atoms with Gasteiger partial charge in [0.05, 0.1) is 24.9 Å². The first-order chi connectivity index (χ1) is 13.6. The second-order valence-electron chi connectivity index (χ2n) is 7.56. The van der Waals surface area contributed by atoms with Crippen LogP contribution in [0.5, 0.6) is 0 Å². The van der Waals surface area contributed by atoms with Crippen molar-refractivity contribution in [2.45, 2.75) is 44.0 Å². The molecule has 10 heteroatoms. The maximum Gasteiger partial charge on any atom is 0.238 e. The average Bonchev–Trinajstić information content (AvgIpc) is 3.35. The van der Waals surface area contributed by atoms with Gasteiger partial charge in [-0.2, -0.15) is 5.10 Å². The maximum absolute atomic E-state index is 15.0. The molecule has 4 atom stereocenters. The summed E-state index contributed by atoms with van der Waals surface area (Å²) in [5.74, 6) is 0.898. The third kappa shape index (κ3) is 3.19. The number of hydrogen-bond donors (Lipinski definition) is 1. The number of ether oxygens (including phenoxy) is 1. The fourth-order valence-electron chi connectivity index (χ4n) is 4.53. The van der Waals surface area contributed by atoms with Crippen molar-refractivity contribution in [2.24, 2.45) is 0 Å². The zero-order valence-electron chi connectivity index (χ0n) is 15.2. The van der Waals surface area contributed by atoms with Crippen LogP contribution in [0.4, 0.5) is 15.8 Å². The van der Waals surface area contributed by atoms with E-state index in [9.17, 15) is 9.32 Å². The summed E-state index contributed by atoms with van der Waals surface area (Å²) in [4.78, 5) is 7.63. The lowest BCUT2D eigenvalue weighted by Crippen LogP contribution is -2.47. The molecule has 28 heavy (non-hydrogen) atoms. The molecule has 2 aromatic rings. The molecule has 0 aliphatic carbocycles. The molecular weight excluding hydrogens is 385 g/mol. The predicted octanol–water partition coefficient (Wildman–Crippen LogP) is 0.698. The summed E-state index contributed by atoms with van der Waals surface area (Å²) in [5, 5.41) is 14.3. The molecule has 0 amide bonds. The molecule has 150 valence electrons. The van der Waals surface area contributed by atoms with E-state index >= 15 is 4.39 Å². The van der Waals surface area contributed by atoms with Crippen LogP contribution >= 0.6 is 0 Å². The van der Waals surface area contributed by atoms with Gasteiger partial charge in [0.2, 0.25) is 6.41 Å². The van der Waals surface area contributed by atoms with Crippen molar-refractivity contribution in [2.75, 3.05) is 27.9 Å². The monoisotopic (exact) mass is 407 g/mol. The van der Waals surface area contributed by atoms with Gasteiger partial charge in [-0.1, -0.05) is 0 Å². The molecule has 0 saturated carbocycles. The molecule has 1 aromatic carbocycles. The largest absolute Gasteiger partial charge is 0.361 e. The second-order valence-corrected chi connectivity index (χ2v) is 9.10. The molecule has 3 fully saturated rings. The van der Waals surface area contributed by atoms with Gasteiger partial charge in [-0.3, -0.25) is 8.89 Å². The van der Waals surface area contributed by atoms with E-state index in [1.807, 2.05) is 6.07 Å². The van der Waals surface area contributed by atoms with Crippen molar-refractivity contribution in [3.8, 4) is 0 Å². The Bertz CT molecular complexity index is 866. The average molecular weight is 407 g/mol. The van der Waals surface area contributed by atoms with Gasteiger partial charge < -0.3 is 19.6 Å². The van der Waals surface area contributed by atoms with Crippen LogP contribution < -0.4 is 9.80 Å². The van der Waals surface area contributed by atoms with Gasteiger partial charge in [-0.05, 0) is 31.0 Å². The van der Waals surface area contributed by atoms with Gasteiger partial charge in [0.15, 0.2) is 0 Å². The highest BCUT2D eigenvalue weighted by molar-refractivity contribution is 7.85. The number of hydrogen-bond acceptors (Lipinski definition) is 7. The number of anilines is 2. The van der Waals surface area contributed by atoms with Gasteiger partial charge in [0, 0.05) is 40.1 Å². The van der Waals surface area contributed by atoms with E-state index < -0.39 is 17.2 Å². The molecule has 8 nitrogen and oxygen atoms in total. The summed E-state index contributed by atoms with van der Waals surface area (Å²) in [6.45, 7) is 0.885. The topological polar surface area (TPSA) is 83.7 Å². The predicted molar refractivity (Wildman–Crippen MR) is 102 cm³/mol. The van der Waals surface area contributed by atoms with Crippen LogP contribution in [0.25, 0.3) is 0 Å². The second kappa shape index (κ2) is 7.09. The van der Waals surface area contributed by atoms with E-state index in [0.29, 0.717) is 36.0 Å². The molecular formula is C18H22FN5O3S. The number of halogens is 1. The fourth-order valence-corrected chi connectivity index (χ4v) is 6.18. The Hall–Kier alpha value is -2.04. The highest BCUT2D eigenvalue weighted by Gasteiger charge is 2.41. The van der Waals surface area contributed by atoms with Crippen LogP contribution in [-0.2, 0) is 22.1 Å². The lowest BCUT2D eigenvalue weighted by molar-refractivity contribution is -0.0923. The number of fused-ring (bicyclic) bond motifs is 2. The summed E-state index contributed by atoms with van der Waals surface area (Å²) >= 11 is 0. The van der Waals surface area contributed by atoms with Crippen LogP contribution in [0.15, 0.2) is 30.9 Å². The Balaban J connectivity index is 1.33. The Kier molecular flexibility index (Phi) is 4.56. The van der Waals surface area contributed by atoms with Crippen molar-refractivity contribution in [3.63, 3.8) is 0 Å². The Morgan fingerprint density at radius 1 is 1.29 bits per heavy atom. The van der Waals surface area contributed by atoms with E-state index in [4.69, 9.17) is 4.74 Å². The van der Waals surface area contributed by atoms with Crippen LogP contribution in [0.2, 0.25) is 0 Å². The fraction of sp³-hybridized carbons (Fsp3) is 0.556. The zero-order valence-corrected chi connectivity index (χ0v) is 16.0. The van der Waals surface area contributed by atoms with E-state index in [1.165, 1.54) is 12.4 Å². The van der Waals surface area contributed by atoms with E-state index in [1.54, 1.807) is 22.0 Å². The van der Waals surface area contributed by atoms with E-state index in [-0.39, 0.29) is 24.0 Å². The standard InChI is InChI=1S/C18H22FN5O3S/c19-16-5-12(23-7-15(27-18(23)25)6-22-11-20-10-21-22)3-4-17(16)24-13-1-2-14(24)9-28(26)8-13/h3-5,10-11,13-15,18,25H,1-2,6-9H2/t13?,14?,15-,18?,28?/m0/s1.